The summed E-state index contributed by atoms with van der Waals surface area (Å²) >= 11 is 1.60. The van der Waals surface area contributed by atoms with Gasteiger partial charge in [0.1, 0.15) is 5.52 Å². The van der Waals surface area contributed by atoms with Crippen LogP contribution in [0.4, 0.5) is 17.3 Å². The molecule has 0 amide bonds. The molecule has 0 fully saturated rings. The smallest absolute Gasteiger partial charge is 0.418 e. The van der Waals surface area contributed by atoms with Crippen LogP contribution in [0.15, 0.2) is 15.6 Å². The Morgan fingerprint density at radius 3 is 2.33 bits per heavy atom. The fourth-order valence-corrected chi connectivity index (χ4v) is 2.12. The second-order valence-electron chi connectivity index (χ2n) is 2.52. The summed E-state index contributed by atoms with van der Waals surface area (Å²) in [5.74, 6) is 0. The van der Waals surface area contributed by atoms with Gasteiger partial charge < -0.3 is 22.2 Å². The Bertz CT molecular complexity index is 497. The van der Waals surface area contributed by atoms with Gasteiger partial charge in [-0.05, 0) is 0 Å². The van der Waals surface area contributed by atoms with E-state index in [1.807, 2.05) is 10.8 Å². The van der Waals surface area contributed by atoms with Crippen molar-refractivity contribution in [1.29, 1.82) is 0 Å². The van der Waals surface area contributed by atoms with E-state index in [1.165, 1.54) is 0 Å². The van der Waals surface area contributed by atoms with Gasteiger partial charge in [-0.2, -0.15) is 4.34 Å². The summed E-state index contributed by atoms with van der Waals surface area (Å²) in [6.45, 7) is 0. The average Bonchev–Trinajstić information content (AvgIpc) is 2.55. The van der Waals surface area contributed by atoms with Crippen molar-refractivity contribution in [2.75, 3.05) is 0 Å². The van der Waals surface area contributed by atoms with Crippen LogP contribution in [0.2, 0.25) is 0 Å². The number of nitrogens with one attached hydrogen (secondary N) is 1. The first-order chi connectivity index (χ1) is 6.79. The summed E-state index contributed by atoms with van der Waals surface area (Å²) in [5.41, 5.74) is 1.90. The van der Waals surface area contributed by atoms with Gasteiger partial charge in [0.2, 0.25) is 0 Å². The normalized spacial score (nSPS) is 11.5. The summed E-state index contributed by atoms with van der Waals surface area (Å²) in [6, 6.07) is 0. The molecule has 0 aliphatic carbocycles. The number of hydrogen-bond donors (Lipinski definition) is 1. The molecule has 0 spiro atoms. The van der Waals surface area contributed by atoms with E-state index < -0.39 is 7.25 Å². The second kappa shape index (κ2) is 4.36. The molecule has 84 valence electrons. The molecule has 0 bridgehead atoms. The summed E-state index contributed by atoms with van der Waals surface area (Å²) in [4.78, 5) is 13.6. The molecular formula is C5H6BF4N2OPS. The van der Waals surface area contributed by atoms with Crippen LogP contribution in [-0.2, 0) is 0 Å². The number of fused-ring (bicyclic) bond motifs is 1. The number of thiophene rings is 1. The van der Waals surface area contributed by atoms with Crippen LogP contribution in [-0.4, -0.2) is 16.6 Å². The molecule has 2 rings (SSSR count). The molecule has 3 nitrogen and oxygen atoms in total. The number of imidazole rings is 1. The van der Waals surface area contributed by atoms with E-state index in [2.05, 4.69) is 4.98 Å². The maximum Gasteiger partial charge on any atom is 0.673 e. The number of aromatic nitrogens is 2. The summed E-state index contributed by atoms with van der Waals surface area (Å²) in [7, 11) is -4.44. The van der Waals surface area contributed by atoms with E-state index >= 15 is 0 Å². The Hall–Kier alpha value is -0.815. The third-order valence-corrected chi connectivity index (χ3v) is 2.78. The summed E-state index contributed by atoms with van der Waals surface area (Å²) < 4.78 is 40.6. The van der Waals surface area contributed by atoms with E-state index in [0.29, 0.717) is 0 Å². The quantitative estimate of drug-likeness (QED) is 0.439. The zero-order valence-corrected chi connectivity index (χ0v) is 9.45. The van der Waals surface area contributed by atoms with E-state index in [9.17, 15) is 22.1 Å². The number of nitrogens with zero attached hydrogens (tertiary/aromatic N) is 1. The minimum atomic E-state index is -6.00. The highest BCUT2D eigenvalue weighted by molar-refractivity contribution is 7.15. The molecule has 0 saturated heterocycles. The Labute approximate surface area is 87.5 Å². The van der Waals surface area contributed by atoms with Gasteiger partial charge >= 0.3 is 12.9 Å². The first-order valence-electron chi connectivity index (χ1n) is 3.64. The van der Waals surface area contributed by atoms with Gasteiger partial charge in [-0.3, -0.25) is 0 Å². The Morgan fingerprint density at radius 2 is 1.87 bits per heavy atom. The fourth-order valence-electron chi connectivity index (χ4n) is 0.885. The average molecular weight is 260 g/mol. The molecule has 0 aliphatic rings. The molecule has 0 saturated carbocycles. The first kappa shape index (κ1) is 12.3. The van der Waals surface area contributed by atoms with Crippen molar-refractivity contribution in [3.63, 3.8) is 0 Å². The summed E-state index contributed by atoms with van der Waals surface area (Å²) in [6.07, 6.45) is 0. The summed E-state index contributed by atoms with van der Waals surface area (Å²) in [5, 5.41) is 3.89. The van der Waals surface area contributed by atoms with Gasteiger partial charge in [0.05, 0.1) is 14.9 Å². The lowest BCUT2D eigenvalue weighted by Gasteiger charge is -1.94. The number of H-pyrrole nitrogens is 1. The molecule has 0 radical (unpaired) electrons. The highest BCUT2D eigenvalue weighted by Gasteiger charge is 2.20. The lowest BCUT2D eigenvalue weighted by atomic mass is 10.3. The van der Waals surface area contributed by atoms with Crippen molar-refractivity contribution in [2.45, 2.75) is 0 Å². The van der Waals surface area contributed by atoms with Crippen molar-refractivity contribution in [2.24, 2.45) is 0 Å². The second-order valence-corrected chi connectivity index (χ2v) is 3.90. The highest BCUT2D eigenvalue weighted by Crippen LogP contribution is 2.16. The van der Waals surface area contributed by atoms with Crippen molar-refractivity contribution in [3.8, 4) is 0 Å². The van der Waals surface area contributed by atoms with Crippen molar-refractivity contribution >= 4 is 39.0 Å². The molecule has 0 aromatic carbocycles. The van der Waals surface area contributed by atoms with Crippen LogP contribution < -0.4 is 5.69 Å². The predicted molar refractivity (Wildman–Crippen MR) is 57.1 cm³/mol. The predicted octanol–water partition coefficient (Wildman–Crippen LogP) is 2.06. The van der Waals surface area contributed by atoms with Crippen LogP contribution in [0.25, 0.3) is 11.0 Å². The zero-order valence-electron chi connectivity index (χ0n) is 7.21. The van der Waals surface area contributed by atoms with Gasteiger partial charge in [-0.25, -0.2) is 4.79 Å². The Kier molecular flexibility index (Phi) is 3.56. The maximum atomic E-state index is 10.9. The number of rotatable bonds is 0. The third-order valence-electron chi connectivity index (χ3n) is 1.42. The molecule has 1 N–H and O–H groups in total. The van der Waals surface area contributed by atoms with Gasteiger partial charge in [0.15, 0.2) is 0 Å². The molecular weight excluding hydrogens is 254 g/mol. The lowest BCUT2D eigenvalue weighted by molar-refractivity contribution is 0.368. The van der Waals surface area contributed by atoms with E-state index in [4.69, 9.17) is 0 Å². The third kappa shape index (κ3) is 3.68. The van der Waals surface area contributed by atoms with Crippen LogP contribution in [0.1, 0.15) is 0 Å². The van der Waals surface area contributed by atoms with E-state index in [1.54, 1.807) is 25.1 Å². The lowest BCUT2D eigenvalue weighted by Crippen LogP contribution is -2.06. The fraction of sp³-hybridized carbons (Fsp3) is 0. The van der Waals surface area contributed by atoms with Crippen molar-refractivity contribution in [3.05, 3.63) is 21.2 Å². The number of aromatic amines is 1. The minimum Gasteiger partial charge on any atom is -0.418 e. The van der Waals surface area contributed by atoms with Gasteiger partial charge in [0.25, 0.3) is 0 Å². The van der Waals surface area contributed by atoms with Crippen LogP contribution in [0.5, 0.6) is 0 Å². The zero-order chi connectivity index (χ0) is 11.6. The topological polar surface area (TPSA) is 37.8 Å². The number of halogens is 4. The molecule has 10 heteroatoms. The van der Waals surface area contributed by atoms with E-state index in [0.717, 1.165) is 11.0 Å². The molecule has 15 heavy (non-hydrogen) atoms. The Morgan fingerprint density at radius 1 is 1.33 bits per heavy atom. The molecule has 0 aliphatic heterocycles. The number of hydrogen-bond acceptors (Lipinski definition) is 2. The highest BCUT2D eigenvalue weighted by atomic mass is 32.1. The van der Waals surface area contributed by atoms with Gasteiger partial charge in [-0.1, -0.05) is 0 Å². The molecule has 2 heterocycles. The molecule has 2 aromatic rings. The van der Waals surface area contributed by atoms with Crippen molar-refractivity contribution < 1.29 is 17.3 Å². The first-order valence-corrected chi connectivity index (χ1v) is 5.21. The molecule has 2 aromatic heterocycles. The Balaban J connectivity index is 0.000000195. The van der Waals surface area contributed by atoms with Crippen LogP contribution >= 0.6 is 20.7 Å². The van der Waals surface area contributed by atoms with Crippen molar-refractivity contribution in [1.82, 2.24) is 9.32 Å². The molecule has 1 atom stereocenters. The van der Waals surface area contributed by atoms with Crippen LogP contribution in [0, 0.1) is 0 Å². The standard InChI is InChI=1S/C5H5N2OPS.BF4/c8-5-6-3-1-10-2-4(3)7(5)9;2-1(3,4)5/h1-2H,9H2,(H,6,8);/q;-1/p+1. The minimum absolute atomic E-state index is 0.0314. The SMILES string of the molecule is F[B-](F)(F)F.O=c1[nH]c2cscc2n1[PH3+]. The largest absolute Gasteiger partial charge is 0.673 e. The monoisotopic (exact) mass is 260 g/mol. The van der Waals surface area contributed by atoms with Gasteiger partial charge in [0, 0.05) is 10.8 Å². The maximum absolute atomic E-state index is 10.9. The van der Waals surface area contributed by atoms with E-state index in [-0.39, 0.29) is 5.69 Å². The van der Waals surface area contributed by atoms with Gasteiger partial charge in [-0.15, -0.1) is 11.3 Å². The van der Waals surface area contributed by atoms with Crippen LogP contribution in [0.3, 0.4) is 0 Å². The molecule has 1 unspecified atom stereocenters.